The predicted octanol–water partition coefficient (Wildman–Crippen LogP) is 1.93. The maximum atomic E-state index is 10.6. The van der Waals surface area contributed by atoms with Crippen LogP contribution in [-0.4, -0.2) is 11.1 Å². The highest BCUT2D eigenvalue weighted by molar-refractivity contribution is 5.70. The van der Waals surface area contributed by atoms with E-state index in [9.17, 15) is 4.79 Å². The molecule has 0 aliphatic rings. The molecular weight excluding hydrogens is 156 g/mol. The van der Waals surface area contributed by atoms with Crippen molar-refractivity contribution < 1.29 is 14.3 Å². The van der Waals surface area contributed by atoms with Gasteiger partial charge < -0.3 is 9.52 Å². The van der Waals surface area contributed by atoms with E-state index in [1.807, 2.05) is 6.92 Å². The monoisotopic (exact) mass is 168 g/mol. The van der Waals surface area contributed by atoms with Crippen molar-refractivity contribution in [3.05, 3.63) is 24.2 Å². The first-order chi connectivity index (χ1) is 5.74. The Morgan fingerprint density at radius 1 is 1.75 bits per heavy atom. The summed E-state index contributed by atoms with van der Waals surface area (Å²) in [5, 5.41) is 8.73. The van der Waals surface area contributed by atoms with Gasteiger partial charge in [0.1, 0.15) is 5.76 Å². The molecule has 0 aliphatic carbocycles. The first-order valence-electron chi connectivity index (χ1n) is 3.99. The molecular formula is C9H12O3. The first kappa shape index (κ1) is 8.84. The van der Waals surface area contributed by atoms with Gasteiger partial charge in [-0.3, -0.25) is 4.79 Å². The van der Waals surface area contributed by atoms with Crippen LogP contribution in [0.5, 0.6) is 0 Å². The molecule has 1 heterocycles. The fraction of sp³-hybridized carbons (Fsp3) is 0.444. The van der Waals surface area contributed by atoms with E-state index in [1.165, 1.54) is 0 Å². The molecule has 0 saturated heterocycles. The van der Waals surface area contributed by atoms with Crippen LogP contribution >= 0.6 is 0 Å². The van der Waals surface area contributed by atoms with Crippen LogP contribution in [0.2, 0.25) is 0 Å². The van der Waals surface area contributed by atoms with Crippen LogP contribution < -0.4 is 0 Å². The van der Waals surface area contributed by atoms with Gasteiger partial charge in [0.25, 0.3) is 0 Å². The van der Waals surface area contributed by atoms with E-state index in [2.05, 4.69) is 0 Å². The summed E-state index contributed by atoms with van der Waals surface area (Å²) < 4.78 is 5.05. The minimum Gasteiger partial charge on any atom is -0.481 e. The van der Waals surface area contributed by atoms with Gasteiger partial charge in [-0.05, 0) is 18.6 Å². The molecule has 1 aromatic rings. The maximum absolute atomic E-state index is 10.6. The van der Waals surface area contributed by atoms with Crippen LogP contribution in [0.25, 0.3) is 0 Å². The Labute approximate surface area is 71.0 Å². The van der Waals surface area contributed by atoms with E-state index >= 15 is 0 Å². The molecule has 3 nitrogen and oxygen atoms in total. The summed E-state index contributed by atoms with van der Waals surface area (Å²) in [7, 11) is 0. The molecule has 1 N–H and O–H groups in total. The standard InChI is InChI=1S/C9H12O3/c1-2-7(9(10)11)6-8-4-3-5-12-8/h3-5,7H,2,6H2,1H3,(H,10,11)/t7-/m0/s1. The average Bonchev–Trinajstić information content (AvgIpc) is 2.51. The summed E-state index contributed by atoms with van der Waals surface area (Å²) in [5.41, 5.74) is 0. The Morgan fingerprint density at radius 3 is 2.92 bits per heavy atom. The Kier molecular flexibility index (Phi) is 2.91. The summed E-state index contributed by atoms with van der Waals surface area (Å²) in [6.45, 7) is 1.86. The zero-order valence-corrected chi connectivity index (χ0v) is 6.99. The quantitative estimate of drug-likeness (QED) is 0.747. The molecule has 0 fully saturated rings. The number of carboxylic acids is 1. The highest BCUT2D eigenvalue weighted by Crippen LogP contribution is 2.12. The lowest BCUT2D eigenvalue weighted by atomic mass is 10.0. The summed E-state index contributed by atoms with van der Waals surface area (Å²) >= 11 is 0. The minimum absolute atomic E-state index is 0.323. The summed E-state index contributed by atoms with van der Waals surface area (Å²) in [6.07, 6.45) is 2.68. The minimum atomic E-state index is -0.756. The lowest BCUT2D eigenvalue weighted by Gasteiger charge is -2.05. The van der Waals surface area contributed by atoms with Gasteiger partial charge in [0, 0.05) is 6.42 Å². The van der Waals surface area contributed by atoms with Crippen molar-refractivity contribution in [2.45, 2.75) is 19.8 Å². The van der Waals surface area contributed by atoms with Crippen molar-refractivity contribution in [2.75, 3.05) is 0 Å². The molecule has 0 amide bonds. The van der Waals surface area contributed by atoms with Crippen molar-refractivity contribution in [1.82, 2.24) is 0 Å². The van der Waals surface area contributed by atoms with Crippen LogP contribution in [0.3, 0.4) is 0 Å². The highest BCUT2D eigenvalue weighted by Gasteiger charge is 2.16. The number of furan rings is 1. The van der Waals surface area contributed by atoms with Crippen molar-refractivity contribution in [3.8, 4) is 0 Å². The Morgan fingerprint density at radius 2 is 2.50 bits per heavy atom. The summed E-state index contributed by atoms with van der Waals surface area (Å²) in [6, 6.07) is 3.56. The lowest BCUT2D eigenvalue weighted by Crippen LogP contribution is -2.14. The smallest absolute Gasteiger partial charge is 0.306 e. The second-order valence-corrected chi connectivity index (χ2v) is 2.73. The molecule has 0 bridgehead atoms. The van der Waals surface area contributed by atoms with Gasteiger partial charge in [-0.2, -0.15) is 0 Å². The molecule has 0 saturated carbocycles. The Bertz CT molecular complexity index is 238. The molecule has 0 radical (unpaired) electrons. The second kappa shape index (κ2) is 3.95. The summed E-state index contributed by atoms with van der Waals surface area (Å²) in [5.74, 6) is -0.339. The van der Waals surface area contributed by atoms with E-state index in [0.717, 1.165) is 5.76 Å². The van der Waals surface area contributed by atoms with E-state index in [0.29, 0.717) is 12.8 Å². The molecule has 66 valence electrons. The Balaban J connectivity index is 2.54. The van der Waals surface area contributed by atoms with Crippen LogP contribution in [0.1, 0.15) is 19.1 Å². The van der Waals surface area contributed by atoms with Gasteiger partial charge in [0.05, 0.1) is 12.2 Å². The highest BCUT2D eigenvalue weighted by atomic mass is 16.4. The van der Waals surface area contributed by atoms with Gasteiger partial charge >= 0.3 is 5.97 Å². The Hall–Kier alpha value is -1.25. The molecule has 0 aliphatic heterocycles. The summed E-state index contributed by atoms with van der Waals surface area (Å²) in [4.78, 5) is 10.6. The van der Waals surface area contributed by atoms with Gasteiger partial charge in [-0.15, -0.1) is 0 Å². The molecule has 1 atom stereocenters. The number of hydrogen-bond acceptors (Lipinski definition) is 2. The van der Waals surface area contributed by atoms with E-state index in [1.54, 1.807) is 18.4 Å². The van der Waals surface area contributed by atoms with E-state index < -0.39 is 5.97 Å². The maximum Gasteiger partial charge on any atom is 0.306 e. The number of rotatable bonds is 4. The van der Waals surface area contributed by atoms with E-state index in [-0.39, 0.29) is 5.92 Å². The zero-order chi connectivity index (χ0) is 8.97. The third-order valence-corrected chi connectivity index (χ3v) is 1.87. The molecule has 0 aromatic carbocycles. The number of carboxylic acid groups (broad SMARTS) is 1. The first-order valence-corrected chi connectivity index (χ1v) is 3.99. The zero-order valence-electron chi connectivity index (χ0n) is 6.99. The molecule has 0 unspecified atom stereocenters. The number of hydrogen-bond donors (Lipinski definition) is 1. The van der Waals surface area contributed by atoms with Gasteiger partial charge in [-0.25, -0.2) is 0 Å². The van der Waals surface area contributed by atoms with Crippen molar-refractivity contribution >= 4 is 5.97 Å². The van der Waals surface area contributed by atoms with Crippen molar-refractivity contribution in [2.24, 2.45) is 5.92 Å². The van der Waals surface area contributed by atoms with Crippen LogP contribution in [0.4, 0.5) is 0 Å². The van der Waals surface area contributed by atoms with Gasteiger partial charge in [-0.1, -0.05) is 6.92 Å². The normalized spacial score (nSPS) is 12.8. The second-order valence-electron chi connectivity index (χ2n) is 2.73. The molecule has 12 heavy (non-hydrogen) atoms. The topological polar surface area (TPSA) is 50.4 Å². The lowest BCUT2D eigenvalue weighted by molar-refractivity contribution is -0.141. The van der Waals surface area contributed by atoms with Crippen LogP contribution in [0.15, 0.2) is 22.8 Å². The van der Waals surface area contributed by atoms with Gasteiger partial charge in [0.2, 0.25) is 0 Å². The molecule has 0 spiro atoms. The largest absolute Gasteiger partial charge is 0.481 e. The molecule has 1 rings (SSSR count). The van der Waals surface area contributed by atoms with Gasteiger partial charge in [0.15, 0.2) is 0 Å². The average molecular weight is 168 g/mol. The SMILES string of the molecule is CC[C@@H](Cc1ccco1)C(=O)O. The molecule has 3 heteroatoms. The number of carbonyl (C=O) groups is 1. The third kappa shape index (κ3) is 2.12. The predicted molar refractivity (Wildman–Crippen MR) is 43.8 cm³/mol. The molecule has 1 aromatic heterocycles. The third-order valence-electron chi connectivity index (χ3n) is 1.87. The fourth-order valence-electron chi connectivity index (χ4n) is 1.08. The van der Waals surface area contributed by atoms with Crippen LogP contribution in [0, 0.1) is 5.92 Å². The van der Waals surface area contributed by atoms with Crippen molar-refractivity contribution in [1.29, 1.82) is 0 Å². The van der Waals surface area contributed by atoms with Crippen molar-refractivity contribution in [3.63, 3.8) is 0 Å². The van der Waals surface area contributed by atoms with E-state index in [4.69, 9.17) is 9.52 Å². The fourth-order valence-corrected chi connectivity index (χ4v) is 1.08. The van der Waals surface area contributed by atoms with Crippen LogP contribution in [-0.2, 0) is 11.2 Å². The number of aliphatic carboxylic acids is 1.